The number of hydrogen-bond acceptors (Lipinski definition) is 7. The molecule has 0 saturated heterocycles. The molecule has 2 heterocycles. The highest BCUT2D eigenvalue weighted by atomic mass is 32.1. The fourth-order valence-electron chi connectivity index (χ4n) is 2.60. The molecule has 0 spiro atoms. The molecule has 2 aromatic heterocycles. The molecule has 3 rings (SSSR count). The van der Waals surface area contributed by atoms with Gasteiger partial charge in [0.1, 0.15) is 5.60 Å². The molecule has 0 atom stereocenters. The Kier molecular flexibility index (Phi) is 7.07. The molecular formula is C22H26N4O3S2. The molecule has 2 amide bonds. The third kappa shape index (κ3) is 6.35. The van der Waals surface area contributed by atoms with Crippen LogP contribution in [0.3, 0.4) is 0 Å². The summed E-state index contributed by atoms with van der Waals surface area (Å²) in [6.07, 6.45) is 1.35. The Morgan fingerprint density at radius 3 is 2.52 bits per heavy atom. The Morgan fingerprint density at radius 1 is 1.19 bits per heavy atom. The highest BCUT2D eigenvalue weighted by Gasteiger charge is 2.27. The van der Waals surface area contributed by atoms with Crippen molar-refractivity contribution in [1.82, 2.24) is 9.97 Å². The molecule has 3 aromatic rings. The Labute approximate surface area is 190 Å². The fraction of sp³-hybridized carbons (Fsp3) is 0.364. The van der Waals surface area contributed by atoms with Crippen molar-refractivity contribution in [2.45, 2.75) is 52.6 Å². The number of amides is 2. The standard InChI is InChI=1S/C22H26N4O3S2/c1-14(2)17-12-23-19(31-17)25-18(27)11-15-13-30-20(24-15)26(16-9-7-6-8-10-16)21(28)29-22(3,4)5/h6-10,12-14H,11H2,1-5H3,(H,23,25,27). The van der Waals surface area contributed by atoms with Gasteiger partial charge in [-0.05, 0) is 38.8 Å². The zero-order valence-corrected chi connectivity index (χ0v) is 19.8. The lowest BCUT2D eigenvalue weighted by atomic mass is 10.2. The lowest BCUT2D eigenvalue weighted by Crippen LogP contribution is -2.33. The van der Waals surface area contributed by atoms with Crippen LogP contribution in [0.5, 0.6) is 0 Å². The highest BCUT2D eigenvalue weighted by Crippen LogP contribution is 2.31. The van der Waals surface area contributed by atoms with Crippen LogP contribution in [0.1, 0.15) is 51.1 Å². The van der Waals surface area contributed by atoms with E-state index in [2.05, 4.69) is 29.1 Å². The molecular weight excluding hydrogens is 432 g/mol. The highest BCUT2D eigenvalue weighted by molar-refractivity contribution is 7.15. The van der Waals surface area contributed by atoms with E-state index in [0.717, 1.165) is 4.88 Å². The molecule has 9 heteroatoms. The van der Waals surface area contributed by atoms with E-state index in [0.29, 0.717) is 27.6 Å². The minimum absolute atomic E-state index is 0.0873. The lowest BCUT2D eigenvalue weighted by molar-refractivity contribution is -0.115. The van der Waals surface area contributed by atoms with Crippen molar-refractivity contribution in [3.8, 4) is 0 Å². The Bertz CT molecular complexity index is 1040. The van der Waals surface area contributed by atoms with Gasteiger partial charge in [0.05, 0.1) is 17.8 Å². The number of carbonyl (C=O) groups is 2. The summed E-state index contributed by atoms with van der Waals surface area (Å²) in [4.78, 5) is 36.6. The van der Waals surface area contributed by atoms with Gasteiger partial charge in [-0.15, -0.1) is 22.7 Å². The van der Waals surface area contributed by atoms with Gasteiger partial charge in [0.25, 0.3) is 0 Å². The van der Waals surface area contributed by atoms with Crippen LogP contribution in [-0.2, 0) is 16.0 Å². The van der Waals surface area contributed by atoms with Crippen molar-refractivity contribution in [3.05, 3.63) is 52.5 Å². The number of thiazole rings is 2. The van der Waals surface area contributed by atoms with Gasteiger partial charge in [0.15, 0.2) is 10.3 Å². The maximum atomic E-state index is 12.9. The molecule has 0 bridgehead atoms. The summed E-state index contributed by atoms with van der Waals surface area (Å²) in [5, 5.41) is 5.61. The van der Waals surface area contributed by atoms with Gasteiger partial charge in [-0.1, -0.05) is 32.0 Å². The third-order valence-electron chi connectivity index (χ3n) is 4.00. The minimum Gasteiger partial charge on any atom is -0.443 e. The van der Waals surface area contributed by atoms with Crippen molar-refractivity contribution in [2.24, 2.45) is 0 Å². The van der Waals surface area contributed by atoms with Crippen molar-refractivity contribution in [1.29, 1.82) is 0 Å². The second kappa shape index (κ2) is 9.57. The van der Waals surface area contributed by atoms with Crippen molar-refractivity contribution in [3.63, 3.8) is 0 Å². The normalized spacial score (nSPS) is 11.4. The van der Waals surface area contributed by atoms with Crippen molar-refractivity contribution >= 4 is 50.6 Å². The molecule has 1 N–H and O–H groups in total. The maximum Gasteiger partial charge on any atom is 0.421 e. The molecule has 1 aromatic carbocycles. The molecule has 0 fully saturated rings. The number of anilines is 3. The molecule has 0 unspecified atom stereocenters. The number of nitrogens with zero attached hydrogens (tertiary/aromatic N) is 3. The number of hydrogen-bond donors (Lipinski definition) is 1. The molecule has 0 saturated carbocycles. The molecule has 0 aliphatic heterocycles. The van der Waals surface area contributed by atoms with E-state index in [1.54, 1.807) is 11.6 Å². The number of para-hydroxylation sites is 1. The van der Waals surface area contributed by atoms with Crippen LogP contribution in [0, 0.1) is 0 Å². The fourth-order valence-corrected chi connectivity index (χ4v) is 4.27. The number of nitrogens with one attached hydrogen (secondary N) is 1. The summed E-state index contributed by atoms with van der Waals surface area (Å²) in [6, 6.07) is 9.18. The predicted molar refractivity (Wildman–Crippen MR) is 125 cm³/mol. The second-order valence-electron chi connectivity index (χ2n) is 8.22. The number of aromatic nitrogens is 2. The summed E-state index contributed by atoms with van der Waals surface area (Å²) in [5.41, 5.74) is 0.570. The zero-order chi connectivity index (χ0) is 22.6. The molecule has 0 radical (unpaired) electrons. The van der Waals surface area contributed by atoms with Crippen molar-refractivity contribution in [2.75, 3.05) is 10.2 Å². The van der Waals surface area contributed by atoms with Gasteiger partial charge in [0.2, 0.25) is 5.91 Å². The first-order chi connectivity index (χ1) is 14.6. The van der Waals surface area contributed by atoms with E-state index in [1.807, 2.05) is 51.1 Å². The summed E-state index contributed by atoms with van der Waals surface area (Å²) < 4.78 is 5.57. The Morgan fingerprint density at radius 2 is 1.90 bits per heavy atom. The van der Waals surface area contributed by atoms with Gasteiger partial charge in [-0.2, -0.15) is 0 Å². The molecule has 7 nitrogen and oxygen atoms in total. The molecule has 0 aliphatic carbocycles. The van der Waals surface area contributed by atoms with Gasteiger partial charge < -0.3 is 10.1 Å². The Hall–Kier alpha value is -2.78. The zero-order valence-electron chi connectivity index (χ0n) is 18.2. The number of carbonyl (C=O) groups excluding carboxylic acids is 2. The van der Waals surface area contributed by atoms with Crippen LogP contribution in [0.25, 0.3) is 0 Å². The number of rotatable bonds is 6. The Balaban J connectivity index is 1.75. The van der Waals surface area contributed by atoms with Gasteiger partial charge >= 0.3 is 6.09 Å². The average molecular weight is 459 g/mol. The van der Waals surface area contributed by atoms with Crippen LogP contribution in [-0.4, -0.2) is 27.6 Å². The van der Waals surface area contributed by atoms with Crippen LogP contribution in [0.15, 0.2) is 41.9 Å². The van der Waals surface area contributed by atoms with E-state index >= 15 is 0 Å². The summed E-state index contributed by atoms with van der Waals surface area (Å²) in [6.45, 7) is 9.61. The van der Waals surface area contributed by atoms with Crippen LogP contribution >= 0.6 is 22.7 Å². The summed E-state index contributed by atoms with van der Waals surface area (Å²) in [5.74, 6) is 0.158. The van der Waals surface area contributed by atoms with Gasteiger partial charge in [0, 0.05) is 16.5 Å². The second-order valence-corrected chi connectivity index (χ2v) is 10.1. The topological polar surface area (TPSA) is 84.4 Å². The maximum absolute atomic E-state index is 12.9. The first kappa shape index (κ1) is 22.9. The molecule has 0 aliphatic rings. The number of ether oxygens (including phenoxy) is 1. The van der Waals surface area contributed by atoms with Gasteiger partial charge in [-0.3, -0.25) is 4.79 Å². The minimum atomic E-state index is -0.646. The van der Waals surface area contributed by atoms with Crippen molar-refractivity contribution < 1.29 is 14.3 Å². The largest absolute Gasteiger partial charge is 0.443 e. The van der Waals surface area contributed by atoms with Crippen LogP contribution < -0.4 is 10.2 Å². The molecule has 164 valence electrons. The summed E-state index contributed by atoms with van der Waals surface area (Å²) >= 11 is 2.75. The van der Waals surface area contributed by atoms with E-state index in [-0.39, 0.29) is 12.3 Å². The SMILES string of the molecule is CC(C)c1cnc(NC(=O)Cc2csc(N(C(=O)OC(C)(C)C)c3ccccc3)n2)s1. The van der Waals surface area contributed by atoms with Gasteiger partial charge in [-0.25, -0.2) is 19.7 Å². The van der Waals surface area contributed by atoms with E-state index in [4.69, 9.17) is 4.74 Å². The smallest absolute Gasteiger partial charge is 0.421 e. The quantitative estimate of drug-likeness (QED) is 0.491. The molecule has 31 heavy (non-hydrogen) atoms. The van der Waals surface area contributed by atoms with E-state index in [9.17, 15) is 9.59 Å². The van der Waals surface area contributed by atoms with Crippen LogP contribution in [0.4, 0.5) is 20.7 Å². The van der Waals surface area contributed by atoms with E-state index in [1.165, 1.54) is 27.6 Å². The van der Waals surface area contributed by atoms with Crippen LogP contribution in [0.2, 0.25) is 0 Å². The average Bonchev–Trinajstić information content (AvgIpc) is 3.31. The first-order valence-corrected chi connectivity index (χ1v) is 11.6. The predicted octanol–water partition coefficient (Wildman–Crippen LogP) is 5.98. The lowest BCUT2D eigenvalue weighted by Gasteiger charge is -2.25. The first-order valence-electron chi connectivity index (χ1n) is 9.90. The van der Waals surface area contributed by atoms with E-state index < -0.39 is 11.7 Å². The number of benzene rings is 1. The third-order valence-corrected chi connectivity index (χ3v) is 6.09. The monoisotopic (exact) mass is 458 g/mol. The summed E-state index contributed by atoms with van der Waals surface area (Å²) in [7, 11) is 0.